The minimum atomic E-state index is 0.0206. The van der Waals surface area contributed by atoms with Gasteiger partial charge in [0.25, 0.3) is 5.91 Å². The third kappa shape index (κ3) is 3.92. The maximum atomic E-state index is 12.4. The topological polar surface area (TPSA) is 20.3 Å². The summed E-state index contributed by atoms with van der Waals surface area (Å²) in [5.41, 5.74) is 3.25. The van der Waals surface area contributed by atoms with Gasteiger partial charge < -0.3 is 4.90 Å². The number of hydrogen-bond acceptors (Lipinski definition) is 3. The number of carbonyl (C=O) groups is 1. The summed E-state index contributed by atoms with van der Waals surface area (Å²) >= 11 is 9.26. The van der Waals surface area contributed by atoms with E-state index < -0.39 is 0 Å². The van der Waals surface area contributed by atoms with E-state index in [0.29, 0.717) is 5.02 Å². The Hall–Kier alpha value is -1.75. The first-order chi connectivity index (χ1) is 12.0. The van der Waals surface area contributed by atoms with Crippen LogP contribution in [0.4, 0.5) is 0 Å². The van der Waals surface area contributed by atoms with Crippen LogP contribution in [-0.2, 0) is 0 Å². The van der Waals surface area contributed by atoms with Crippen molar-refractivity contribution in [2.24, 2.45) is 0 Å². The Morgan fingerprint density at radius 3 is 2.16 bits per heavy atom. The third-order valence-electron chi connectivity index (χ3n) is 3.86. The van der Waals surface area contributed by atoms with Gasteiger partial charge >= 0.3 is 0 Å². The number of amides is 1. The zero-order valence-corrected chi connectivity index (χ0v) is 16.6. The van der Waals surface area contributed by atoms with Crippen molar-refractivity contribution in [3.63, 3.8) is 0 Å². The van der Waals surface area contributed by atoms with E-state index in [2.05, 4.69) is 30.5 Å². The summed E-state index contributed by atoms with van der Waals surface area (Å²) in [5.74, 6) is 0.0206. The van der Waals surface area contributed by atoms with Gasteiger partial charge in [-0.2, -0.15) is 0 Å². The van der Waals surface area contributed by atoms with Gasteiger partial charge in [-0.1, -0.05) is 35.9 Å². The van der Waals surface area contributed by atoms with Gasteiger partial charge in [-0.15, -0.1) is 23.1 Å². The molecule has 0 aliphatic carbocycles. The van der Waals surface area contributed by atoms with Crippen LogP contribution in [0.3, 0.4) is 0 Å². The molecule has 0 spiro atoms. The van der Waals surface area contributed by atoms with E-state index in [9.17, 15) is 4.79 Å². The number of thioether (sulfide) groups is 1. The molecular formula is C20H18ClNOS2. The van der Waals surface area contributed by atoms with Gasteiger partial charge in [0, 0.05) is 34.5 Å². The molecule has 0 bridgehead atoms. The predicted molar refractivity (Wildman–Crippen MR) is 110 cm³/mol. The van der Waals surface area contributed by atoms with Crippen molar-refractivity contribution in [2.45, 2.75) is 4.90 Å². The summed E-state index contributed by atoms with van der Waals surface area (Å²) < 4.78 is 0. The number of carbonyl (C=O) groups excluding carboxylic acids is 1. The van der Waals surface area contributed by atoms with E-state index >= 15 is 0 Å². The minimum Gasteiger partial charge on any atom is -0.344 e. The van der Waals surface area contributed by atoms with Gasteiger partial charge in [0.2, 0.25) is 0 Å². The van der Waals surface area contributed by atoms with Crippen molar-refractivity contribution in [1.82, 2.24) is 4.90 Å². The van der Waals surface area contributed by atoms with Crippen LogP contribution < -0.4 is 0 Å². The molecule has 128 valence electrons. The second-order valence-electron chi connectivity index (χ2n) is 5.79. The molecule has 0 aliphatic heterocycles. The molecule has 2 aromatic carbocycles. The Bertz CT molecular complexity index is 883. The molecule has 5 heteroatoms. The summed E-state index contributed by atoms with van der Waals surface area (Å²) in [6.45, 7) is 0. The maximum absolute atomic E-state index is 12.4. The van der Waals surface area contributed by atoms with Gasteiger partial charge in [-0.05, 0) is 47.7 Å². The highest BCUT2D eigenvalue weighted by molar-refractivity contribution is 7.98. The van der Waals surface area contributed by atoms with E-state index in [0.717, 1.165) is 26.4 Å². The van der Waals surface area contributed by atoms with Crippen LogP contribution >= 0.6 is 34.7 Å². The Morgan fingerprint density at radius 2 is 1.60 bits per heavy atom. The van der Waals surface area contributed by atoms with Crippen LogP contribution in [0.5, 0.6) is 0 Å². The zero-order valence-electron chi connectivity index (χ0n) is 14.2. The molecule has 25 heavy (non-hydrogen) atoms. The number of thiophene rings is 1. The van der Waals surface area contributed by atoms with Crippen LogP contribution in [0, 0.1) is 0 Å². The van der Waals surface area contributed by atoms with Gasteiger partial charge in [-0.3, -0.25) is 4.79 Å². The van der Waals surface area contributed by atoms with Crippen molar-refractivity contribution in [3.8, 4) is 21.6 Å². The average molecular weight is 388 g/mol. The first kappa shape index (κ1) is 18.1. The molecule has 0 saturated heterocycles. The van der Waals surface area contributed by atoms with Crippen LogP contribution in [0.15, 0.2) is 59.5 Å². The fourth-order valence-corrected chi connectivity index (χ4v) is 4.26. The molecule has 0 N–H and O–H groups in total. The highest BCUT2D eigenvalue weighted by Gasteiger charge is 2.18. The third-order valence-corrected chi connectivity index (χ3v) is 6.02. The average Bonchev–Trinajstić information content (AvgIpc) is 3.07. The lowest BCUT2D eigenvalue weighted by Crippen LogP contribution is -2.20. The van der Waals surface area contributed by atoms with E-state index in [1.807, 2.05) is 30.3 Å². The molecule has 0 radical (unpaired) electrons. The summed E-state index contributed by atoms with van der Waals surface area (Å²) in [6.07, 6.45) is 2.06. The molecule has 0 saturated carbocycles. The number of nitrogens with zero attached hydrogens (tertiary/aromatic N) is 1. The molecule has 1 aromatic heterocycles. The van der Waals surface area contributed by atoms with Crippen molar-refractivity contribution in [2.75, 3.05) is 20.4 Å². The molecule has 3 aromatic rings. The van der Waals surface area contributed by atoms with E-state index in [1.165, 1.54) is 16.2 Å². The van der Waals surface area contributed by atoms with Crippen LogP contribution in [0.2, 0.25) is 5.02 Å². The summed E-state index contributed by atoms with van der Waals surface area (Å²) in [6, 6.07) is 18.2. The number of benzene rings is 2. The fraction of sp³-hybridized carbons (Fsp3) is 0.150. The Kier molecular flexibility index (Phi) is 5.52. The van der Waals surface area contributed by atoms with Gasteiger partial charge in [0.05, 0.1) is 4.88 Å². The van der Waals surface area contributed by atoms with Gasteiger partial charge in [0.15, 0.2) is 0 Å². The van der Waals surface area contributed by atoms with E-state index in [4.69, 9.17) is 11.6 Å². The standard InChI is InChI=1S/C20H18ClNOS2/c1-22(2)20(23)18-12-17(13-6-10-16(24-3)11-7-13)19(25-18)14-4-8-15(21)9-5-14/h4-12H,1-3H3. The van der Waals surface area contributed by atoms with E-state index in [-0.39, 0.29) is 5.91 Å². The largest absolute Gasteiger partial charge is 0.344 e. The molecule has 0 fully saturated rings. The van der Waals surface area contributed by atoms with Crippen molar-refractivity contribution >= 4 is 40.6 Å². The summed E-state index contributed by atoms with van der Waals surface area (Å²) in [4.78, 5) is 17.1. The second-order valence-corrected chi connectivity index (χ2v) is 8.16. The normalized spacial score (nSPS) is 10.7. The van der Waals surface area contributed by atoms with Crippen molar-refractivity contribution < 1.29 is 4.79 Å². The van der Waals surface area contributed by atoms with E-state index in [1.54, 1.807) is 30.8 Å². The molecule has 0 atom stereocenters. The Morgan fingerprint density at radius 1 is 1.00 bits per heavy atom. The molecule has 1 amide bonds. The number of hydrogen-bond donors (Lipinski definition) is 0. The molecular weight excluding hydrogens is 370 g/mol. The molecule has 2 nitrogen and oxygen atoms in total. The van der Waals surface area contributed by atoms with Crippen LogP contribution in [0.25, 0.3) is 21.6 Å². The maximum Gasteiger partial charge on any atom is 0.263 e. The quantitative estimate of drug-likeness (QED) is 0.499. The van der Waals surface area contributed by atoms with Crippen molar-refractivity contribution in [1.29, 1.82) is 0 Å². The molecule has 0 unspecified atom stereocenters. The molecule has 1 heterocycles. The summed E-state index contributed by atoms with van der Waals surface area (Å²) in [5, 5.41) is 0.704. The minimum absolute atomic E-state index is 0.0206. The highest BCUT2D eigenvalue weighted by atomic mass is 35.5. The zero-order chi connectivity index (χ0) is 18.0. The van der Waals surface area contributed by atoms with Crippen molar-refractivity contribution in [3.05, 3.63) is 64.5 Å². The first-order valence-corrected chi connectivity index (χ1v) is 10.2. The molecule has 0 aliphatic rings. The molecule has 3 rings (SSSR count). The second kappa shape index (κ2) is 7.65. The number of halogens is 1. The Balaban J connectivity index is 2.13. The predicted octanol–water partition coefficient (Wildman–Crippen LogP) is 6.16. The first-order valence-electron chi connectivity index (χ1n) is 7.75. The number of rotatable bonds is 4. The highest BCUT2D eigenvalue weighted by Crippen LogP contribution is 2.40. The van der Waals surface area contributed by atoms with Gasteiger partial charge in [-0.25, -0.2) is 0 Å². The smallest absolute Gasteiger partial charge is 0.263 e. The van der Waals surface area contributed by atoms with Gasteiger partial charge in [0.1, 0.15) is 0 Å². The lowest BCUT2D eigenvalue weighted by molar-refractivity contribution is 0.0832. The van der Waals surface area contributed by atoms with Crippen LogP contribution in [0.1, 0.15) is 9.67 Å². The van der Waals surface area contributed by atoms with Crippen LogP contribution in [-0.4, -0.2) is 31.2 Å². The Labute approximate surface area is 161 Å². The monoisotopic (exact) mass is 387 g/mol. The lowest BCUT2D eigenvalue weighted by atomic mass is 10.0. The lowest BCUT2D eigenvalue weighted by Gasteiger charge is -2.07. The fourth-order valence-electron chi connectivity index (χ4n) is 2.52. The summed E-state index contributed by atoms with van der Waals surface area (Å²) in [7, 11) is 3.55. The SMILES string of the molecule is CSc1ccc(-c2cc(C(=O)N(C)C)sc2-c2ccc(Cl)cc2)cc1.